The Morgan fingerprint density at radius 3 is 2.78 bits per heavy atom. The van der Waals surface area contributed by atoms with Crippen molar-refractivity contribution in [3.63, 3.8) is 0 Å². The second-order valence-corrected chi connectivity index (χ2v) is 4.59. The van der Waals surface area contributed by atoms with Gasteiger partial charge in [-0.15, -0.1) is 0 Å². The third-order valence-corrected chi connectivity index (χ3v) is 2.96. The number of hydrogen-bond acceptors (Lipinski definition) is 5. The Balaban J connectivity index is 2.30. The molecule has 4 nitrogen and oxygen atoms in total. The molecule has 94 valence electrons. The summed E-state index contributed by atoms with van der Waals surface area (Å²) in [5, 5.41) is 3.80. The molecule has 1 aromatic heterocycles. The van der Waals surface area contributed by atoms with Gasteiger partial charge in [-0.1, -0.05) is 23.4 Å². The first-order chi connectivity index (χ1) is 8.58. The summed E-state index contributed by atoms with van der Waals surface area (Å²) in [6, 6.07) is 5.66. The summed E-state index contributed by atoms with van der Waals surface area (Å²) in [6.07, 6.45) is 1.85. The zero-order chi connectivity index (χ0) is 13.1. The molecule has 0 aliphatic rings. The molecule has 0 atom stereocenters. The van der Waals surface area contributed by atoms with Crippen molar-refractivity contribution < 1.29 is 4.39 Å². The highest BCUT2D eigenvalue weighted by atomic mass is 35.5. The number of thioether (sulfide) groups is 1. The molecule has 0 amide bonds. The van der Waals surface area contributed by atoms with Crippen LogP contribution in [0.15, 0.2) is 29.4 Å². The van der Waals surface area contributed by atoms with E-state index in [1.165, 1.54) is 30.0 Å². The van der Waals surface area contributed by atoms with Gasteiger partial charge in [0.2, 0.25) is 0 Å². The lowest BCUT2D eigenvalue weighted by Crippen LogP contribution is -2.00. The number of nitrogens with two attached hydrogens (primary N) is 1. The molecule has 2 aromatic rings. The van der Waals surface area contributed by atoms with Gasteiger partial charge in [0.25, 0.3) is 0 Å². The van der Waals surface area contributed by atoms with Gasteiger partial charge >= 0.3 is 0 Å². The predicted molar refractivity (Wildman–Crippen MR) is 72.9 cm³/mol. The van der Waals surface area contributed by atoms with E-state index in [9.17, 15) is 4.39 Å². The summed E-state index contributed by atoms with van der Waals surface area (Å²) in [5.41, 5.74) is 6.21. The average Bonchev–Trinajstić information content (AvgIpc) is 2.32. The van der Waals surface area contributed by atoms with E-state index in [0.717, 1.165) is 0 Å². The minimum absolute atomic E-state index is 0.276. The fourth-order valence-electron chi connectivity index (χ4n) is 1.33. The van der Waals surface area contributed by atoms with Gasteiger partial charge in [0.15, 0.2) is 5.16 Å². The minimum atomic E-state index is -0.391. The average molecular weight is 285 g/mol. The second-order valence-electron chi connectivity index (χ2n) is 3.41. The predicted octanol–water partition coefficient (Wildman–Crippen LogP) is 3.32. The monoisotopic (exact) mass is 284 g/mol. The molecule has 1 heterocycles. The van der Waals surface area contributed by atoms with Crippen molar-refractivity contribution >= 4 is 40.7 Å². The molecule has 7 heteroatoms. The van der Waals surface area contributed by atoms with E-state index in [2.05, 4.69) is 15.3 Å². The molecule has 1 aromatic carbocycles. The van der Waals surface area contributed by atoms with Crippen molar-refractivity contribution in [1.82, 2.24) is 9.97 Å². The molecule has 0 aliphatic heterocycles. The molecule has 3 N–H and O–H groups in total. The number of nitrogens with zero attached hydrogens (tertiary/aromatic N) is 2. The maximum atomic E-state index is 12.9. The second kappa shape index (κ2) is 5.41. The number of halogens is 2. The van der Waals surface area contributed by atoms with Gasteiger partial charge in [-0.3, -0.25) is 0 Å². The first-order valence-corrected chi connectivity index (χ1v) is 6.59. The van der Waals surface area contributed by atoms with Crippen molar-refractivity contribution in [1.29, 1.82) is 0 Å². The van der Waals surface area contributed by atoms with Crippen molar-refractivity contribution in [2.75, 3.05) is 17.3 Å². The van der Waals surface area contributed by atoms with E-state index in [1.807, 2.05) is 6.26 Å². The first-order valence-electron chi connectivity index (χ1n) is 4.99. The van der Waals surface area contributed by atoms with Crippen LogP contribution in [0.2, 0.25) is 5.02 Å². The van der Waals surface area contributed by atoms with Gasteiger partial charge < -0.3 is 11.1 Å². The van der Waals surface area contributed by atoms with E-state index >= 15 is 0 Å². The highest BCUT2D eigenvalue weighted by molar-refractivity contribution is 7.98. The van der Waals surface area contributed by atoms with Crippen LogP contribution in [0.4, 0.5) is 21.7 Å². The Morgan fingerprint density at radius 2 is 2.11 bits per heavy atom. The van der Waals surface area contributed by atoms with Crippen LogP contribution >= 0.6 is 23.4 Å². The van der Waals surface area contributed by atoms with Gasteiger partial charge in [-0.25, -0.2) is 14.4 Å². The number of anilines is 3. The summed E-state index contributed by atoms with van der Waals surface area (Å²) in [4.78, 5) is 8.25. The maximum absolute atomic E-state index is 12.9. The molecule has 2 rings (SSSR count). The molecule has 0 aliphatic carbocycles. The molecule has 0 saturated heterocycles. The number of nitrogens with one attached hydrogen (secondary N) is 1. The van der Waals surface area contributed by atoms with E-state index in [4.69, 9.17) is 17.3 Å². The lowest BCUT2D eigenvalue weighted by atomic mass is 10.3. The Hall–Kier alpha value is -1.53. The Labute approximate surface area is 113 Å². The van der Waals surface area contributed by atoms with Crippen molar-refractivity contribution in [2.24, 2.45) is 0 Å². The van der Waals surface area contributed by atoms with Gasteiger partial charge in [0.05, 0.1) is 10.7 Å². The molecule has 0 fully saturated rings. The summed E-state index contributed by atoms with van der Waals surface area (Å²) < 4.78 is 12.9. The summed E-state index contributed by atoms with van der Waals surface area (Å²) in [7, 11) is 0. The van der Waals surface area contributed by atoms with Crippen molar-refractivity contribution in [3.05, 3.63) is 35.1 Å². The fourth-order valence-corrected chi connectivity index (χ4v) is 1.93. The van der Waals surface area contributed by atoms with Gasteiger partial charge in [-0.2, -0.15) is 0 Å². The van der Waals surface area contributed by atoms with Crippen LogP contribution in [-0.4, -0.2) is 16.2 Å². The van der Waals surface area contributed by atoms with Crippen molar-refractivity contribution in [3.8, 4) is 0 Å². The Morgan fingerprint density at radius 1 is 1.33 bits per heavy atom. The highest BCUT2D eigenvalue weighted by Crippen LogP contribution is 2.26. The largest absolute Gasteiger partial charge is 0.383 e. The smallest absolute Gasteiger partial charge is 0.191 e. The lowest BCUT2D eigenvalue weighted by molar-refractivity contribution is 0.628. The normalized spacial score (nSPS) is 10.4. The van der Waals surface area contributed by atoms with E-state index in [0.29, 0.717) is 22.5 Å². The number of nitrogen functional groups attached to an aromatic ring is 1. The van der Waals surface area contributed by atoms with Crippen LogP contribution in [0.25, 0.3) is 0 Å². The van der Waals surface area contributed by atoms with Gasteiger partial charge in [-0.05, 0) is 24.5 Å². The fraction of sp³-hybridized carbons (Fsp3) is 0.0909. The molecule has 0 saturated carbocycles. The summed E-state index contributed by atoms with van der Waals surface area (Å²) in [6.45, 7) is 0. The van der Waals surface area contributed by atoms with Gasteiger partial charge in [0, 0.05) is 6.07 Å². The molecular weight excluding hydrogens is 275 g/mol. The standard InChI is InChI=1S/C11H10ClFN4S/c1-18-11-16-9(14)5-10(17-11)15-8-3-2-6(13)4-7(8)12/h2-5H,1H3,(H3,14,15,16,17). The minimum Gasteiger partial charge on any atom is -0.383 e. The lowest BCUT2D eigenvalue weighted by Gasteiger charge is -2.09. The molecule has 0 unspecified atom stereocenters. The SMILES string of the molecule is CSc1nc(N)cc(Nc2ccc(F)cc2Cl)n1. The van der Waals surface area contributed by atoms with E-state index < -0.39 is 5.82 Å². The molecule has 0 spiro atoms. The highest BCUT2D eigenvalue weighted by Gasteiger charge is 2.05. The van der Waals surface area contributed by atoms with E-state index in [-0.39, 0.29) is 5.02 Å². The molecule has 18 heavy (non-hydrogen) atoms. The quantitative estimate of drug-likeness (QED) is 0.669. The van der Waals surface area contributed by atoms with Crippen LogP contribution in [0.1, 0.15) is 0 Å². The Kier molecular flexibility index (Phi) is 3.88. The third-order valence-electron chi connectivity index (χ3n) is 2.10. The van der Waals surface area contributed by atoms with E-state index in [1.54, 1.807) is 6.07 Å². The van der Waals surface area contributed by atoms with Crippen LogP contribution in [0.5, 0.6) is 0 Å². The number of aromatic nitrogens is 2. The van der Waals surface area contributed by atoms with Crippen LogP contribution in [0, 0.1) is 5.82 Å². The maximum Gasteiger partial charge on any atom is 0.191 e. The van der Waals surface area contributed by atoms with Crippen LogP contribution < -0.4 is 11.1 Å². The number of hydrogen-bond donors (Lipinski definition) is 2. The molecule has 0 bridgehead atoms. The summed E-state index contributed by atoms with van der Waals surface area (Å²) >= 11 is 7.29. The topological polar surface area (TPSA) is 63.8 Å². The third kappa shape index (κ3) is 3.02. The number of rotatable bonds is 3. The van der Waals surface area contributed by atoms with Crippen molar-refractivity contribution in [2.45, 2.75) is 5.16 Å². The molecule has 0 radical (unpaired) electrons. The zero-order valence-corrected chi connectivity index (χ0v) is 11.0. The molecular formula is C11H10ClFN4S. The zero-order valence-electron chi connectivity index (χ0n) is 9.45. The number of benzene rings is 1. The summed E-state index contributed by atoms with van der Waals surface area (Å²) in [5.74, 6) is 0.480. The Bertz CT molecular complexity index is 579. The van der Waals surface area contributed by atoms with Crippen LogP contribution in [-0.2, 0) is 0 Å². The van der Waals surface area contributed by atoms with Gasteiger partial charge in [0.1, 0.15) is 17.5 Å². The first kappa shape index (κ1) is 12.9. The van der Waals surface area contributed by atoms with Crippen LogP contribution in [0.3, 0.4) is 0 Å².